The molecular formula is C8H8Cl2O3S. The van der Waals surface area contributed by atoms with Gasteiger partial charge in [0.1, 0.15) is 9.36 Å². The van der Waals surface area contributed by atoms with E-state index >= 15 is 0 Å². The molecular weight excluding hydrogens is 247 g/mol. The van der Waals surface area contributed by atoms with Gasteiger partial charge in [-0.1, -0.05) is 30.1 Å². The van der Waals surface area contributed by atoms with Gasteiger partial charge >= 0.3 is 5.97 Å². The minimum absolute atomic E-state index is 0.0495. The van der Waals surface area contributed by atoms with Gasteiger partial charge in [-0.2, -0.15) is 0 Å². The van der Waals surface area contributed by atoms with Gasteiger partial charge in [-0.05, 0) is 6.42 Å². The molecule has 0 saturated heterocycles. The summed E-state index contributed by atoms with van der Waals surface area (Å²) < 4.78 is 5.46. The third-order valence-corrected chi connectivity index (χ3v) is 3.35. The molecule has 78 valence electrons. The van der Waals surface area contributed by atoms with Crippen molar-refractivity contribution in [3.8, 4) is 5.75 Å². The van der Waals surface area contributed by atoms with E-state index in [1.165, 1.54) is 0 Å². The molecule has 6 heteroatoms. The van der Waals surface area contributed by atoms with Crippen molar-refractivity contribution in [3.05, 3.63) is 14.2 Å². The van der Waals surface area contributed by atoms with Crippen LogP contribution in [0.5, 0.6) is 5.75 Å². The van der Waals surface area contributed by atoms with E-state index in [0.717, 1.165) is 17.8 Å². The van der Waals surface area contributed by atoms with Gasteiger partial charge in [0.25, 0.3) is 0 Å². The Labute approximate surface area is 95.2 Å². The monoisotopic (exact) mass is 254 g/mol. The topological polar surface area (TPSA) is 46.5 Å². The molecule has 0 aromatic carbocycles. The van der Waals surface area contributed by atoms with Crippen LogP contribution >= 0.6 is 34.5 Å². The van der Waals surface area contributed by atoms with Gasteiger partial charge in [0.15, 0.2) is 10.6 Å². The van der Waals surface area contributed by atoms with Gasteiger partial charge in [-0.3, -0.25) is 0 Å². The Balaban J connectivity index is 3.03. The van der Waals surface area contributed by atoms with Crippen LogP contribution in [0.4, 0.5) is 0 Å². The molecule has 0 aliphatic rings. The van der Waals surface area contributed by atoms with Crippen LogP contribution in [0.3, 0.4) is 0 Å². The van der Waals surface area contributed by atoms with Crippen LogP contribution in [0, 0.1) is 0 Å². The lowest BCUT2D eigenvalue weighted by Gasteiger charge is -2.03. The highest BCUT2D eigenvalue weighted by Crippen LogP contribution is 2.42. The van der Waals surface area contributed by atoms with Crippen LogP contribution in [-0.2, 0) is 0 Å². The average Bonchev–Trinajstić information content (AvgIpc) is 2.41. The zero-order valence-corrected chi connectivity index (χ0v) is 9.67. The van der Waals surface area contributed by atoms with E-state index < -0.39 is 5.97 Å². The highest BCUT2D eigenvalue weighted by molar-refractivity contribution is 7.19. The quantitative estimate of drug-likeness (QED) is 0.894. The molecule has 3 nitrogen and oxygen atoms in total. The zero-order chi connectivity index (χ0) is 10.7. The third-order valence-electron chi connectivity index (χ3n) is 1.41. The molecule has 0 bridgehead atoms. The van der Waals surface area contributed by atoms with Crippen LogP contribution in [0.2, 0.25) is 9.36 Å². The molecule has 1 aromatic heterocycles. The SMILES string of the molecule is CCCOc1c(C(=O)O)sc(Cl)c1Cl. The highest BCUT2D eigenvalue weighted by Gasteiger charge is 2.21. The molecule has 0 fully saturated rings. The first-order valence-corrected chi connectivity index (χ1v) is 5.49. The molecule has 0 aliphatic carbocycles. The minimum atomic E-state index is -1.07. The van der Waals surface area contributed by atoms with Crippen LogP contribution in [0.25, 0.3) is 0 Å². The Kier molecular flexibility index (Phi) is 4.04. The van der Waals surface area contributed by atoms with Gasteiger partial charge in [0, 0.05) is 0 Å². The van der Waals surface area contributed by atoms with Crippen molar-refractivity contribution in [1.29, 1.82) is 0 Å². The fourth-order valence-electron chi connectivity index (χ4n) is 0.844. The number of ether oxygens (including phenoxy) is 1. The number of hydrogen-bond acceptors (Lipinski definition) is 3. The smallest absolute Gasteiger partial charge is 0.349 e. The third kappa shape index (κ3) is 2.32. The predicted octanol–water partition coefficient (Wildman–Crippen LogP) is 3.54. The van der Waals surface area contributed by atoms with Gasteiger partial charge in [-0.15, -0.1) is 11.3 Å². The van der Waals surface area contributed by atoms with E-state index in [9.17, 15) is 4.79 Å². The molecule has 0 aliphatic heterocycles. The van der Waals surface area contributed by atoms with Crippen molar-refractivity contribution in [1.82, 2.24) is 0 Å². The van der Waals surface area contributed by atoms with Gasteiger partial charge in [0.05, 0.1) is 6.61 Å². The molecule has 0 spiro atoms. The standard InChI is InChI=1S/C8H8Cl2O3S/c1-2-3-13-5-4(9)7(10)14-6(5)8(11)12/h2-3H2,1H3,(H,11,12). The number of rotatable bonds is 4. The summed E-state index contributed by atoms with van der Waals surface area (Å²) >= 11 is 12.4. The summed E-state index contributed by atoms with van der Waals surface area (Å²) in [4.78, 5) is 10.8. The number of carbonyl (C=O) groups is 1. The van der Waals surface area contributed by atoms with Crippen LogP contribution in [0.1, 0.15) is 23.0 Å². The maximum absolute atomic E-state index is 10.8. The number of hydrogen-bond donors (Lipinski definition) is 1. The number of carboxylic acid groups (broad SMARTS) is 1. The number of thiophene rings is 1. The normalized spacial score (nSPS) is 10.2. The maximum atomic E-state index is 10.8. The summed E-state index contributed by atoms with van der Waals surface area (Å²) in [6.07, 6.45) is 0.781. The maximum Gasteiger partial charge on any atom is 0.349 e. The van der Waals surface area contributed by atoms with E-state index in [1.54, 1.807) is 0 Å². The lowest BCUT2D eigenvalue weighted by Crippen LogP contribution is -2.00. The Morgan fingerprint density at radius 3 is 2.71 bits per heavy atom. The van der Waals surface area contributed by atoms with Crippen molar-refractivity contribution in [2.45, 2.75) is 13.3 Å². The summed E-state index contributed by atoms with van der Waals surface area (Å²) in [7, 11) is 0. The molecule has 1 heterocycles. The fraction of sp³-hybridized carbons (Fsp3) is 0.375. The van der Waals surface area contributed by atoms with Crippen LogP contribution < -0.4 is 4.74 Å². The Morgan fingerprint density at radius 1 is 1.57 bits per heavy atom. The lowest BCUT2D eigenvalue weighted by molar-refractivity contribution is 0.0698. The van der Waals surface area contributed by atoms with E-state index in [1.807, 2.05) is 6.92 Å². The second kappa shape index (κ2) is 4.87. The summed E-state index contributed by atoms with van der Waals surface area (Å²) in [5.41, 5.74) is 0. The summed E-state index contributed by atoms with van der Waals surface area (Å²) in [5.74, 6) is -0.897. The molecule has 14 heavy (non-hydrogen) atoms. The predicted molar refractivity (Wildman–Crippen MR) is 57.1 cm³/mol. The zero-order valence-electron chi connectivity index (χ0n) is 7.34. The van der Waals surface area contributed by atoms with Crippen molar-refractivity contribution >= 4 is 40.5 Å². The summed E-state index contributed by atoms with van der Waals surface area (Å²) in [5, 5.41) is 9.00. The first kappa shape index (κ1) is 11.6. The minimum Gasteiger partial charge on any atom is -0.490 e. The van der Waals surface area contributed by atoms with E-state index in [4.69, 9.17) is 33.0 Å². The molecule has 0 amide bonds. The number of halogens is 2. The van der Waals surface area contributed by atoms with Crippen LogP contribution in [0.15, 0.2) is 0 Å². The summed E-state index contributed by atoms with van der Waals surface area (Å²) in [6.45, 7) is 2.34. The van der Waals surface area contributed by atoms with E-state index in [0.29, 0.717) is 6.61 Å². The van der Waals surface area contributed by atoms with Crippen LogP contribution in [-0.4, -0.2) is 17.7 Å². The molecule has 0 atom stereocenters. The first-order valence-electron chi connectivity index (χ1n) is 3.91. The van der Waals surface area contributed by atoms with Crippen molar-refractivity contribution in [2.24, 2.45) is 0 Å². The Morgan fingerprint density at radius 2 is 2.21 bits per heavy atom. The second-order valence-corrected chi connectivity index (χ2v) is 4.50. The Hall–Kier alpha value is -0.450. The van der Waals surface area contributed by atoms with Crippen molar-refractivity contribution in [2.75, 3.05) is 6.61 Å². The second-order valence-electron chi connectivity index (χ2n) is 2.50. The van der Waals surface area contributed by atoms with Crippen molar-refractivity contribution in [3.63, 3.8) is 0 Å². The van der Waals surface area contributed by atoms with E-state index in [-0.39, 0.29) is 20.0 Å². The number of aromatic carboxylic acids is 1. The fourth-order valence-corrected chi connectivity index (χ4v) is 2.18. The first-order chi connectivity index (χ1) is 6.57. The molecule has 1 aromatic rings. The van der Waals surface area contributed by atoms with Gasteiger partial charge < -0.3 is 9.84 Å². The summed E-state index contributed by atoms with van der Waals surface area (Å²) in [6, 6.07) is 0. The Bertz CT molecular complexity index is 349. The lowest BCUT2D eigenvalue weighted by atomic mass is 10.4. The number of carboxylic acids is 1. The molecule has 0 unspecified atom stereocenters. The van der Waals surface area contributed by atoms with Crippen molar-refractivity contribution < 1.29 is 14.6 Å². The largest absolute Gasteiger partial charge is 0.490 e. The molecule has 0 saturated carbocycles. The van der Waals surface area contributed by atoms with Gasteiger partial charge in [-0.25, -0.2) is 4.79 Å². The average molecular weight is 255 g/mol. The highest BCUT2D eigenvalue weighted by atomic mass is 35.5. The van der Waals surface area contributed by atoms with E-state index in [2.05, 4.69) is 0 Å². The molecule has 1 rings (SSSR count). The van der Waals surface area contributed by atoms with Gasteiger partial charge in [0.2, 0.25) is 0 Å². The molecule has 1 N–H and O–H groups in total. The molecule has 0 radical (unpaired) electrons.